The van der Waals surface area contributed by atoms with E-state index in [4.69, 9.17) is 9.47 Å². The van der Waals surface area contributed by atoms with Crippen molar-refractivity contribution in [1.82, 2.24) is 0 Å². The second kappa shape index (κ2) is 9.07. The van der Waals surface area contributed by atoms with Crippen LogP contribution in [0.2, 0.25) is 0 Å². The number of anilines is 1. The van der Waals surface area contributed by atoms with Gasteiger partial charge >= 0.3 is 0 Å². The number of nitrogens with one attached hydrogen (secondary N) is 1. The third kappa shape index (κ3) is 6.05. The fraction of sp³-hybridized carbons (Fsp3) is 0.333. The van der Waals surface area contributed by atoms with E-state index in [1.54, 1.807) is 24.3 Å². The van der Waals surface area contributed by atoms with Crippen molar-refractivity contribution < 1.29 is 26.7 Å². The van der Waals surface area contributed by atoms with Crippen LogP contribution in [-0.2, 0) is 26.1 Å². The van der Waals surface area contributed by atoms with Gasteiger partial charge in [-0.3, -0.25) is 4.72 Å². The van der Waals surface area contributed by atoms with E-state index in [0.717, 1.165) is 17.7 Å². The standard InChI is InChI=1S/C18H21F2NO4S/c1-13(2)25-9-8-24-12-14-4-3-5-15(10-14)21-26(22,23)16-6-7-17(19)18(20)11-16/h3-7,10-11,13,21H,8-9,12H2,1-2H3. The Morgan fingerprint density at radius 1 is 1.04 bits per heavy atom. The minimum Gasteiger partial charge on any atom is -0.376 e. The molecule has 0 heterocycles. The first kappa shape index (κ1) is 20.3. The molecule has 0 aliphatic heterocycles. The first-order chi connectivity index (χ1) is 12.3. The van der Waals surface area contributed by atoms with E-state index in [1.165, 1.54) is 0 Å². The van der Waals surface area contributed by atoms with Gasteiger partial charge < -0.3 is 9.47 Å². The summed E-state index contributed by atoms with van der Waals surface area (Å²) < 4.78 is 64.0. The van der Waals surface area contributed by atoms with Crippen LogP contribution in [0.3, 0.4) is 0 Å². The Labute approximate surface area is 152 Å². The molecule has 2 aromatic carbocycles. The summed E-state index contributed by atoms with van der Waals surface area (Å²) in [5, 5.41) is 0. The number of hydrogen-bond donors (Lipinski definition) is 1. The third-order valence-electron chi connectivity index (χ3n) is 3.33. The monoisotopic (exact) mass is 385 g/mol. The molecule has 0 aliphatic carbocycles. The van der Waals surface area contributed by atoms with Crippen LogP contribution in [0.4, 0.5) is 14.5 Å². The SMILES string of the molecule is CC(C)OCCOCc1cccc(NS(=O)(=O)c2ccc(F)c(F)c2)c1. The lowest BCUT2D eigenvalue weighted by atomic mass is 10.2. The summed E-state index contributed by atoms with van der Waals surface area (Å²) in [5.41, 5.74) is 1.06. The van der Waals surface area contributed by atoms with Crippen molar-refractivity contribution >= 4 is 15.7 Å². The summed E-state index contributed by atoms with van der Waals surface area (Å²) >= 11 is 0. The zero-order chi connectivity index (χ0) is 19.2. The molecule has 2 aromatic rings. The average Bonchev–Trinajstić information content (AvgIpc) is 2.56. The number of halogens is 2. The van der Waals surface area contributed by atoms with Crippen molar-refractivity contribution in [2.24, 2.45) is 0 Å². The fourth-order valence-corrected chi connectivity index (χ4v) is 3.18. The first-order valence-electron chi connectivity index (χ1n) is 8.04. The van der Waals surface area contributed by atoms with Gasteiger partial charge in [-0.25, -0.2) is 17.2 Å². The molecule has 26 heavy (non-hydrogen) atoms. The van der Waals surface area contributed by atoms with Crippen LogP contribution < -0.4 is 4.72 Å². The average molecular weight is 385 g/mol. The van der Waals surface area contributed by atoms with Gasteiger partial charge in [0.1, 0.15) is 0 Å². The summed E-state index contributed by atoms with van der Waals surface area (Å²) in [6.45, 7) is 5.05. The molecule has 5 nitrogen and oxygen atoms in total. The molecular weight excluding hydrogens is 364 g/mol. The maximum atomic E-state index is 13.3. The zero-order valence-electron chi connectivity index (χ0n) is 14.5. The number of sulfonamides is 1. The van der Waals surface area contributed by atoms with Gasteiger partial charge in [-0.2, -0.15) is 0 Å². The molecular formula is C18H21F2NO4S. The molecule has 0 unspecified atom stereocenters. The molecule has 0 radical (unpaired) electrons. The molecule has 0 aromatic heterocycles. The maximum absolute atomic E-state index is 13.3. The molecule has 0 saturated heterocycles. The van der Waals surface area contributed by atoms with Crippen molar-refractivity contribution in [3.63, 3.8) is 0 Å². The molecule has 0 aliphatic rings. The second-order valence-corrected chi connectivity index (χ2v) is 7.54. The normalized spacial score (nSPS) is 11.7. The van der Waals surface area contributed by atoms with Gasteiger partial charge in [0.25, 0.3) is 10.0 Å². The summed E-state index contributed by atoms with van der Waals surface area (Å²) in [5.74, 6) is -2.33. The highest BCUT2D eigenvalue weighted by Crippen LogP contribution is 2.19. The highest BCUT2D eigenvalue weighted by molar-refractivity contribution is 7.92. The lowest BCUT2D eigenvalue weighted by Crippen LogP contribution is -2.13. The van der Waals surface area contributed by atoms with E-state index in [0.29, 0.717) is 31.6 Å². The molecule has 142 valence electrons. The van der Waals surface area contributed by atoms with Crippen LogP contribution >= 0.6 is 0 Å². The van der Waals surface area contributed by atoms with Crippen LogP contribution in [-0.4, -0.2) is 27.7 Å². The summed E-state index contributed by atoms with van der Waals surface area (Å²) in [7, 11) is -4.03. The Morgan fingerprint density at radius 2 is 1.81 bits per heavy atom. The van der Waals surface area contributed by atoms with Crippen LogP contribution in [0.15, 0.2) is 47.4 Å². The quantitative estimate of drug-likeness (QED) is 0.669. The van der Waals surface area contributed by atoms with E-state index in [2.05, 4.69) is 4.72 Å². The molecule has 0 atom stereocenters. The number of ether oxygens (including phenoxy) is 2. The predicted octanol–water partition coefficient (Wildman–Crippen LogP) is 3.71. The molecule has 0 saturated carbocycles. The molecule has 0 amide bonds. The van der Waals surface area contributed by atoms with Gasteiger partial charge in [0.05, 0.1) is 30.8 Å². The Balaban J connectivity index is 1.99. The maximum Gasteiger partial charge on any atom is 0.261 e. The van der Waals surface area contributed by atoms with E-state index in [1.807, 2.05) is 13.8 Å². The number of benzene rings is 2. The Morgan fingerprint density at radius 3 is 2.50 bits per heavy atom. The first-order valence-corrected chi connectivity index (χ1v) is 9.52. The van der Waals surface area contributed by atoms with Gasteiger partial charge in [0.15, 0.2) is 11.6 Å². The zero-order valence-corrected chi connectivity index (χ0v) is 15.4. The minimum atomic E-state index is -4.03. The lowest BCUT2D eigenvalue weighted by Gasteiger charge is -2.11. The summed E-state index contributed by atoms with van der Waals surface area (Å²) in [6.07, 6.45) is 0.132. The highest BCUT2D eigenvalue weighted by atomic mass is 32.2. The van der Waals surface area contributed by atoms with Gasteiger partial charge in [0.2, 0.25) is 0 Å². The van der Waals surface area contributed by atoms with Gasteiger partial charge in [0, 0.05) is 5.69 Å². The van der Waals surface area contributed by atoms with Crippen molar-refractivity contribution in [2.75, 3.05) is 17.9 Å². The summed E-state index contributed by atoms with van der Waals surface area (Å²) in [6, 6.07) is 9.05. The molecule has 8 heteroatoms. The minimum absolute atomic E-state index is 0.132. The van der Waals surface area contributed by atoms with Crippen LogP contribution in [0.1, 0.15) is 19.4 Å². The van der Waals surface area contributed by atoms with E-state index in [9.17, 15) is 17.2 Å². The van der Waals surface area contributed by atoms with Crippen LogP contribution in [0.25, 0.3) is 0 Å². The molecule has 2 rings (SSSR count). The Kier molecular flexibility index (Phi) is 7.07. The highest BCUT2D eigenvalue weighted by Gasteiger charge is 2.16. The van der Waals surface area contributed by atoms with Crippen LogP contribution in [0, 0.1) is 11.6 Å². The van der Waals surface area contributed by atoms with E-state index < -0.39 is 21.7 Å². The van der Waals surface area contributed by atoms with Crippen molar-refractivity contribution in [1.29, 1.82) is 0 Å². The lowest BCUT2D eigenvalue weighted by molar-refractivity contribution is 0.0143. The van der Waals surface area contributed by atoms with Crippen molar-refractivity contribution in [3.05, 3.63) is 59.7 Å². The van der Waals surface area contributed by atoms with Crippen LogP contribution in [0.5, 0.6) is 0 Å². The molecule has 0 fully saturated rings. The summed E-state index contributed by atoms with van der Waals surface area (Å²) in [4.78, 5) is -0.358. The van der Waals surface area contributed by atoms with Gasteiger partial charge in [-0.15, -0.1) is 0 Å². The smallest absolute Gasteiger partial charge is 0.261 e. The van der Waals surface area contributed by atoms with Gasteiger partial charge in [-0.1, -0.05) is 12.1 Å². The molecule has 0 bridgehead atoms. The van der Waals surface area contributed by atoms with E-state index in [-0.39, 0.29) is 11.0 Å². The van der Waals surface area contributed by atoms with Crippen molar-refractivity contribution in [3.8, 4) is 0 Å². The Hall–Kier alpha value is -2.03. The Bertz CT molecular complexity index is 841. The number of hydrogen-bond acceptors (Lipinski definition) is 4. The van der Waals surface area contributed by atoms with Crippen molar-refractivity contribution in [2.45, 2.75) is 31.5 Å². The molecule has 1 N–H and O–H groups in total. The predicted molar refractivity (Wildman–Crippen MR) is 94.4 cm³/mol. The second-order valence-electron chi connectivity index (χ2n) is 5.85. The largest absolute Gasteiger partial charge is 0.376 e. The number of rotatable bonds is 9. The third-order valence-corrected chi connectivity index (χ3v) is 4.71. The fourth-order valence-electron chi connectivity index (χ4n) is 2.12. The molecule has 0 spiro atoms. The van der Waals surface area contributed by atoms with Gasteiger partial charge in [-0.05, 0) is 49.7 Å². The van der Waals surface area contributed by atoms with E-state index >= 15 is 0 Å². The topological polar surface area (TPSA) is 64.6 Å².